The highest BCUT2D eigenvalue weighted by Crippen LogP contribution is 2.34. The number of nitrogens with two attached hydrogens (primary N) is 1. The molecule has 1 aliphatic heterocycles. The quantitative estimate of drug-likeness (QED) is 0.882. The van der Waals surface area contributed by atoms with Gasteiger partial charge in [-0.25, -0.2) is 4.98 Å². The minimum Gasteiger partial charge on any atom is -0.375 e. The number of hydrogen-bond donors (Lipinski definition) is 2. The lowest BCUT2D eigenvalue weighted by atomic mass is 10.1. The number of rotatable bonds is 2. The van der Waals surface area contributed by atoms with Crippen molar-refractivity contribution in [3.63, 3.8) is 0 Å². The van der Waals surface area contributed by atoms with Crippen LogP contribution in [0.15, 0.2) is 18.2 Å². The molecule has 1 aromatic carbocycles. The molecule has 0 aliphatic carbocycles. The fraction of sp³-hybridized carbons (Fsp3) is 0.400. The number of nitrogens with zero attached hydrogens (tertiary/aromatic N) is 1. The molecular weight excluding hydrogens is 254 g/mol. The van der Waals surface area contributed by atoms with Crippen LogP contribution in [0.5, 0.6) is 0 Å². The third-order valence-electron chi connectivity index (χ3n) is 3.64. The van der Waals surface area contributed by atoms with Gasteiger partial charge in [0.15, 0.2) is 0 Å². The largest absolute Gasteiger partial charge is 0.375 e. The minimum atomic E-state index is 0.586. The van der Waals surface area contributed by atoms with Crippen molar-refractivity contribution < 1.29 is 0 Å². The number of anilines is 1. The van der Waals surface area contributed by atoms with Gasteiger partial charge < -0.3 is 11.1 Å². The van der Waals surface area contributed by atoms with E-state index in [9.17, 15) is 0 Å². The summed E-state index contributed by atoms with van der Waals surface area (Å²) in [6.07, 6.45) is 3.56. The molecule has 3 N–H and O–H groups in total. The molecule has 0 saturated carbocycles. The van der Waals surface area contributed by atoms with E-state index >= 15 is 0 Å². The second-order valence-corrected chi connectivity index (χ2v) is 6.02. The van der Waals surface area contributed by atoms with Gasteiger partial charge in [0.05, 0.1) is 5.69 Å². The smallest absolute Gasteiger partial charge is 0.125 e. The van der Waals surface area contributed by atoms with Crippen molar-refractivity contribution in [1.29, 1.82) is 0 Å². The summed E-state index contributed by atoms with van der Waals surface area (Å²) in [7, 11) is 0. The summed E-state index contributed by atoms with van der Waals surface area (Å²) >= 11 is 1.76. The van der Waals surface area contributed by atoms with Crippen LogP contribution in [0.1, 0.15) is 29.7 Å². The Morgan fingerprint density at radius 1 is 1.37 bits per heavy atom. The van der Waals surface area contributed by atoms with Crippen molar-refractivity contribution >= 4 is 16.3 Å². The van der Waals surface area contributed by atoms with Gasteiger partial charge in [-0.3, -0.25) is 0 Å². The third-order valence-corrected chi connectivity index (χ3v) is 4.74. The highest BCUT2D eigenvalue weighted by molar-refractivity contribution is 7.19. The number of nitrogens with one attached hydrogen (secondary N) is 1. The number of aryl methyl sites for hydroxylation is 2. The van der Waals surface area contributed by atoms with Crippen molar-refractivity contribution in [3.8, 4) is 10.6 Å². The lowest BCUT2D eigenvalue weighted by molar-refractivity contribution is 0.775. The molecule has 100 valence electrons. The molecule has 0 amide bonds. The van der Waals surface area contributed by atoms with E-state index in [-0.39, 0.29) is 0 Å². The number of hydrogen-bond acceptors (Lipinski definition) is 4. The Balaban J connectivity index is 1.98. The lowest BCUT2D eigenvalue weighted by Crippen LogP contribution is -1.99. The summed E-state index contributed by atoms with van der Waals surface area (Å²) in [5.74, 6) is 0. The maximum Gasteiger partial charge on any atom is 0.125 e. The Morgan fingerprint density at radius 2 is 2.26 bits per heavy atom. The molecular formula is C15H19N3S. The van der Waals surface area contributed by atoms with E-state index in [4.69, 9.17) is 10.7 Å². The van der Waals surface area contributed by atoms with Crippen LogP contribution in [0.3, 0.4) is 0 Å². The van der Waals surface area contributed by atoms with E-state index in [0.717, 1.165) is 18.0 Å². The van der Waals surface area contributed by atoms with Crippen LogP contribution in [0.4, 0.5) is 5.00 Å². The standard InChI is InChI=1S/C15H19N3S/c1-10-5-6-11(8-12(10)9-16)14-18-13-4-2-3-7-17-15(13)19-14/h5-6,8,17H,2-4,7,9,16H2,1H3. The highest BCUT2D eigenvalue weighted by atomic mass is 32.1. The number of fused-ring (bicyclic) bond motifs is 1. The van der Waals surface area contributed by atoms with E-state index in [1.54, 1.807) is 11.3 Å². The Bertz CT molecular complexity index is 566. The molecule has 0 unspecified atom stereocenters. The molecule has 1 aliphatic rings. The van der Waals surface area contributed by atoms with Crippen LogP contribution in [-0.4, -0.2) is 11.5 Å². The first-order valence-electron chi connectivity index (χ1n) is 6.81. The monoisotopic (exact) mass is 273 g/mol. The number of benzene rings is 1. The van der Waals surface area contributed by atoms with E-state index in [1.807, 2.05) is 0 Å². The molecule has 0 radical (unpaired) electrons. The zero-order valence-corrected chi connectivity index (χ0v) is 12.0. The Labute approximate surface area is 117 Å². The first-order chi connectivity index (χ1) is 9.28. The number of thiazole rings is 1. The van der Waals surface area contributed by atoms with Crippen molar-refractivity contribution in [1.82, 2.24) is 4.98 Å². The van der Waals surface area contributed by atoms with Crippen LogP contribution in [0.2, 0.25) is 0 Å². The van der Waals surface area contributed by atoms with E-state index in [2.05, 4.69) is 30.4 Å². The second kappa shape index (κ2) is 5.31. The summed E-state index contributed by atoms with van der Waals surface area (Å²) in [6.45, 7) is 3.75. The van der Waals surface area contributed by atoms with Gasteiger partial charge in [0.2, 0.25) is 0 Å². The van der Waals surface area contributed by atoms with Gasteiger partial charge in [-0.1, -0.05) is 23.5 Å². The van der Waals surface area contributed by atoms with Crippen LogP contribution in [0.25, 0.3) is 10.6 Å². The average molecular weight is 273 g/mol. The molecule has 1 aromatic heterocycles. The maximum absolute atomic E-state index is 5.79. The van der Waals surface area contributed by atoms with E-state index in [1.165, 1.54) is 40.2 Å². The molecule has 0 spiro atoms. The van der Waals surface area contributed by atoms with Crippen molar-refractivity contribution in [3.05, 3.63) is 35.0 Å². The topological polar surface area (TPSA) is 50.9 Å². The predicted octanol–water partition coefficient (Wildman–Crippen LogP) is 3.33. The molecule has 0 bridgehead atoms. The average Bonchev–Trinajstić information content (AvgIpc) is 2.70. The van der Waals surface area contributed by atoms with Crippen LogP contribution in [-0.2, 0) is 13.0 Å². The maximum atomic E-state index is 5.79. The minimum absolute atomic E-state index is 0.586. The molecule has 2 aromatic rings. The van der Waals surface area contributed by atoms with Crippen molar-refractivity contribution in [2.24, 2.45) is 5.73 Å². The molecule has 0 atom stereocenters. The normalized spacial score (nSPS) is 14.6. The van der Waals surface area contributed by atoms with Gasteiger partial charge in [0.1, 0.15) is 10.0 Å². The zero-order valence-electron chi connectivity index (χ0n) is 11.2. The van der Waals surface area contributed by atoms with Gasteiger partial charge in [0, 0.05) is 18.7 Å². The van der Waals surface area contributed by atoms with E-state index in [0.29, 0.717) is 6.54 Å². The Kier molecular flexibility index (Phi) is 3.53. The van der Waals surface area contributed by atoms with Gasteiger partial charge in [-0.2, -0.15) is 0 Å². The molecule has 3 nitrogen and oxygen atoms in total. The summed E-state index contributed by atoms with van der Waals surface area (Å²) in [5.41, 5.74) is 10.7. The summed E-state index contributed by atoms with van der Waals surface area (Å²) in [6, 6.07) is 6.46. The predicted molar refractivity (Wildman–Crippen MR) is 81.6 cm³/mol. The molecule has 2 heterocycles. The fourth-order valence-electron chi connectivity index (χ4n) is 2.43. The van der Waals surface area contributed by atoms with Crippen LogP contribution in [0, 0.1) is 6.92 Å². The molecule has 0 saturated heterocycles. The van der Waals surface area contributed by atoms with Crippen LogP contribution < -0.4 is 11.1 Å². The molecule has 0 fully saturated rings. The summed E-state index contributed by atoms with van der Waals surface area (Å²) in [4.78, 5) is 4.80. The molecule has 4 heteroatoms. The first kappa shape index (κ1) is 12.6. The Hall–Kier alpha value is -1.39. The Morgan fingerprint density at radius 3 is 3.11 bits per heavy atom. The van der Waals surface area contributed by atoms with Gasteiger partial charge >= 0.3 is 0 Å². The first-order valence-corrected chi connectivity index (χ1v) is 7.63. The lowest BCUT2D eigenvalue weighted by Gasteiger charge is -2.05. The molecule has 19 heavy (non-hydrogen) atoms. The second-order valence-electron chi connectivity index (χ2n) is 5.02. The van der Waals surface area contributed by atoms with Gasteiger partial charge in [-0.15, -0.1) is 0 Å². The number of aromatic nitrogens is 1. The van der Waals surface area contributed by atoms with Crippen molar-refractivity contribution in [2.75, 3.05) is 11.9 Å². The van der Waals surface area contributed by atoms with Gasteiger partial charge in [-0.05, 0) is 43.4 Å². The highest BCUT2D eigenvalue weighted by Gasteiger charge is 2.15. The fourth-order valence-corrected chi connectivity index (χ4v) is 3.46. The molecule has 3 rings (SSSR count). The zero-order chi connectivity index (χ0) is 13.2. The van der Waals surface area contributed by atoms with Crippen LogP contribution >= 0.6 is 11.3 Å². The van der Waals surface area contributed by atoms with Gasteiger partial charge in [0.25, 0.3) is 0 Å². The van der Waals surface area contributed by atoms with E-state index < -0.39 is 0 Å². The van der Waals surface area contributed by atoms with Crippen molar-refractivity contribution in [2.45, 2.75) is 32.7 Å². The SMILES string of the molecule is Cc1ccc(-c2nc3c(s2)NCCCC3)cc1CN. The summed E-state index contributed by atoms with van der Waals surface area (Å²) < 4.78 is 0. The third kappa shape index (κ3) is 2.51. The summed E-state index contributed by atoms with van der Waals surface area (Å²) in [5, 5.41) is 5.84.